The molecule has 1 unspecified atom stereocenters. The molecule has 9 nitrogen and oxygen atoms in total. The Morgan fingerprint density at radius 2 is 2.08 bits per heavy atom. The SMILES string of the molecule is N#CNC1=NC(c2ccc(F)c(Br)c2O)c2c(nc(N)c(C#N)c2N)N1. The number of aromatic nitrogens is 1. The molecule has 0 saturated carbocycles. The van der Waals surface area contributed by atoms with Gasteiger partial charge >= 0.3 is 0 Å². The van der Waals surface area contributed by atoms with Crippen molar-refractivity contribution in [3.05, 3.63) is 39.1 Å². The zero-order chi connectivity index (χ0) is 19.0. The van der Waals surface area contributed by atoms with Gasteiger partial charge in [-0.25, -0.2) is 14.4 Å². The number of nitrogens with two attached hydrogens (primary N) is 2. The fourth-order valence-electron chi connectivity index (χ4n) is 2.58. The minimum atomic E-state index is -0.959. The first-order chi connectivity index (χ1) is 12.4. The molecule has 2 aromatic rings. The van der Waals surface area contributed by atoms with E-state index in [0.29, 0.717) is 0 Å². The lowest BCUT2D eigenvalue weighted by Crippen LogP contribution is -2.32. The van der Waals surface area contributed by atoms with E-state index >= 15 is 0 Å². The number of nitrogens with one attached hydrogen (secondary N) is 2. The van der Waals surface area contributed by atoms with Crippen LogP contribution in [0, 0.1) is 28.6 Å². The maximum absolute atomic E-state index is 13.7. The van der Waals surface area contributed by atoms with Gasteiger partial charge in [0.1, 0.15) is 40.9 Å². The van der Waals surface area contributed by atoms with Crippen LogP contribution < -0.4 is 22.1 Å². The number of anilines is 3. The Labute approximate surface area is 154 Å². The average Bonchev–Trinajstić information content (AvgIpc) is 2.59. The quantitative estimate of drug-likeness (QED) is 0.345. The van der Waals surface area contributed by atoms with Crippen LogP contribution in [-0.2, 0) is 0 Å². The molecule has 1 aliphatic rings. The molecule has 1 aliphatic heterocycles. The number of hydrogen-bond donors (Lipinski definition) is 5. The van der Waals surface area contributed by atoms with Gasteiger partial charge < -0.3 is 21.9 Å². The van der Waals surface area contributed by atoms with Gasteiger partial charge in [-0.3, -0.25) is 5.32 Å². The number of aromatic hydroxyl groups is 1. The maximum Gasteiger partial charge on any atom is 0.211 e. The number of nitrogens with zero attached hydrogens (tertiary/aromatic N) is 4. The van der Waals surface area contributed by atoms with Crippen LogP contribution >= 0.6 is 15.9 Å². The first-order valence-corrected chi connectivity index (χ1v) is 7.84. The van der Waals surface area contributed by atoms with Gasteiger partial charge in [-0.05, 0) is 28.1 Å². The molecule has 2 heterocycles. The predicted octanol–water partition coefficient (Wildman–Crippen LogP) is 1.67. The Balaban J connectivity index is 2.31. The first-order valence-electron chi connectivity index (χ1n) is 7.04. The number of hydrogen-bond acceptors (Lipinski definition) is 9. The standard InChI is InChI=1S/C15H10BrFN8O/c16-9-7(17)2-1-5(12(9)26)11-8-10(20)6(3-18)13(21)24-14(8)25-15(23-11)22-4-19/h1-2,11,26H,(H6,20,21,22,23,24,25). The van der Waals surface area contributed by atoms with E-state index < -0.39 is 17.6 Å². The van der Waals surface area contributed by atoms with Crippen molar-refractivity contribution in [3.63, 3.8) is 0 Å². The summed E-state index contributed by atoms with van der Waals surface area (Å²) >= 11 is 2.96. The van der Waals surface area contributed by atoms with Crippen molar-refractivity contribution in [1.29, 1.82) is 10.5 Å². The number of pyridine rings is 1. The summed E-state index contributed by atoms with van der Waals surface area (Å²) < 4.78 is 13.5. The van der Waals surface area contributed by atoms with E-state index in [4.69, 9.17) is 16.7 Å². The van der Waals surface area contributed by atoms with Crippen LogP contribution in [0.4, 0.5) is 21.7 Å². The summed E-state index contributed by atoms with van der Waals surface area (Å²) in [6.07, 6.45) is 1.71. The number of nitrogen functional groups attached to an aromatic ring is 2. The molecule has 130 valence electrons. The minimum Gasteiger partial charge on any atom is -0.506 e. The van der Waals surface area contributed by atoms with Crippen molar-refractivity contribution in [2.45, 2.75) is 6.04 Å². The van der Waals surface area contributed by atoms with Crippen LogP contribution in [0.1, 0.15) is 22.7 Å². The van der Waals surface area contributed by atoms with Gasteiger partial charge in [0, 0.05) is 11.1 Å². The van der Waals surface area contributed by atoms with E-state index in [2.05, 4.69) is 36.5 Å². The van der Waals surface area contributed by atoms with E-state index in [9.17, 15) is 14.8 Å². The normalized spacial score (nSPS) is 15.1. The summed E-state index contributed by atoms with van der Waals surface area (Å²) in [6.45, 7) is 0. The second kappa shape index (κ2) is 6.38. The van der Waals surface area contributed by atoms with Crippen LogP contribution in [0.2, 0.25) is 0 Å². The van der Waals surface area contributed by atoms with Crippen molar-refractivity contribution in [3.8, 4) is 18.0 Å². The van der Waals surface area contributed by atoms with Crippen LogP contribution in [0.25, 0.3) is 0 Å². The second-order valence-electron chi connectivity index (χ2n) is 5.20. The largest absolute Gasteiger partial charge is 0.506 e. The van der Waals surface area contributed by atoms with E-state index in [1.165, 1.54) is 6.07 Å². The van der Waals surface area contributed by atoms with Crippen molar-refractivity contribution in [1.82, 2.24) is 10.3 Å². The van der Waals surface area contributed by atoms with Crippen LogP contribution in [0.3, 0.4) is 0 Å². The summed E-state index contributed by atoms with van der Waals surface area (Å²) in [5.41, 5.74) is 12.3. The number of phenolic OH excluding ortho intramolecular Hbond substituents is 1. The third-order valence-corrected chi connectivity index (χ3v) is 4.51. The zero-order valence-corrected chi connectivity index (χ0v) is 14.5. The van der Waals surface area contributed by atoms with E-state index in [1.807, 2.05) is 6.07 Å². The third kappa shape index (κ3) is 2.60. The number of halogens is 2. The predicted molar refractivity (Wildman–Crippen MR) is 95.2 cm³/mol. The number of benzene rings is 1. The molecule has 0 fully saturated rings. The molecular weight excluding hydrogens is 407 g/mol. The van der Waals surface area contributed by atoms with Crippen molar-refractivity contribution >= 4 is 39.2 Å². The van der Waals surface area contributed by atoms with Gasteiger partial charge in [-0.2, -0.15) is 10.5 Å². The molecule has 26 heavy (non-hydrogen) atoms. The van der Waals surface area contributed by atoms with Crippen LogP contribution in [0.15, 0.2) is 21.6 Å². The number of rotatable bonds is 1. The van der Waals surface area contributed by atoms with Gasteiger partial charge in [0.2, 0.25) is 5.96 Å². The molecule has 0 saturated heterocycles. The van der Waals surface area contributed by atoms with Gasteiger partial charge in [0.15, 0.2) is 6.19 Å². The monoisotopic (exact) mass is 416 g/mol. The van der Waals surface area contributed by atoms with Crippen molar-refractivity contribution in [2.24, 2.45) is 4.99 Å². The molecule has 11 heteroatoms. The average molecular weight is 417 g/mol. The number of fused-ring (bicyclic) bond motifs is 1. The fraction of sp³-hybridized carbons (Fsp3) is 0.0667. The Kier molecular flexibility index (Phi) is 4.24. The molecule has 0 aliphatic carbocycles. The topological polar surface area (TPSA) is 169 Å². The molecule has 1 atom stereocenters. The van der Waals surface area contributed by atoms with Crippen molar-refractivity contribution in [2.75, 3.05) is 16.8 Å². The minimum absolute atomic E-state index is 0.0205. The molecule has 3 rings (SSSR count). The van der Waals surface area contributed by atoms with Crippen molar-refractivity contribution < 1.29 is 9.50 Å². The molecule has 1 aromatic heterocycles. The lowest BCUT2D eigenvalue weighted by atomic mass is 9.94. The van der Waals surface area contributed by atoms with Crippen LogP contribution in [0.5, 0.6) is 5.75 Å². The summed E-state index contributed by atoms with van der Waals surface area (Å²) in [4.78, 5) is 8.37. The molecule has 7 N–H and O–H groups in total. The maximum atomic E-state index is 13.7. The summed E-state index contributed by atoms with van der Waals surface area (Å²) in [5.74, 6) is -0.964. The van der Waals surface area contributed by atoms with E-state index in [-0.39, 0.29) is 44.4 Å². The van der Waals surface area contributed by atoms with E-state index in [0.717, 1.165) is 6.07 Å². The smallest absolute Gasteiger partial charge is 0.211 e. The van der Waals surface area contributed by atoms with Gasteiger partial charge in [-0.1, -0.05) is 0 Å². The second-order valence-corrected chi connectivity index (χ2v) is 5.99. The van der Waals surface area contributed by atoms with Crippen LogP contribution in [-0.4, -0.2) is 16.1 Å². The fourth-order valence-corrected chi connectivity index (χ4v) is 2.94. The van der Waals surface area contributed by atoms with Gasteiger partial charge in [0.25, 0.3) is 0 Å². The highest BCUT2D eigenvalue weighted by molar-refractivity contribution is 9.10. The summed E-state index contributed by atoms with van der Waals surface area (Å²) in [5, 5.41) is 33.5. The van der Waals surface area contributed by atoms with Gasteiger partial charge in [0.05, 0.1) is 10.2 Å². The lowest BCUT2D eigenvalue weighted by Gasteiger charge is -2.26. The number of aliphatic imine (C=N–C) groups is 1. The molecule has 0 amide bonds. The summed E-state index contributed by atoms with van der Waals surface area (Å²) in [7, 11) is 0. The summed E-state index contributed by atoms with van der Waals surface area (Å²) in [6, 6.07) is 3.37. The zero-order valence-electron chi connectivity index (χ0n) is 12.9. The highest BCUT2D eigenvalue weighted by Gasteiger charge is 2.31. The highest BCUT2D eigenvalue weighted by Crippen LogP contribution is 2.44. The Bertz CT molecular complexity index is 1040. The van der Waals surface area contributed by atoms with Gasteiger partial charge in [-0.15, -0.1) is 0 Å². The highest BCUT2D eigenvalue weighted by atomic mass is 79.9. The molecular formula is C15H10BrFN8O. The molecule has 0 bridgehead atoms. The lowest BCUT2D eigenvalue weighted by molar-refractivity contribution is 0.454. The number of phenols is 1. The molecule has 1 aromatic carbocycles. The Morgan fingerprint density at radius 3 is 2.73 bits per heavy atom. The number of nitriles is 2. The number of guanidine groups is 1. The molecule has 0 spiro atoms. The Morgan fingerprint density at radius 1 is 1.35 bits per heavy atom. The van der Waals surface area contributed by atoms with E-state index in [1.54, 1.807) is 6.19 Å². The third-order valence-electron chi connectivity index (χ3n) is 3.75. The molecule has 0 radical (unpaired) electrons. The first kappa shape index (κ1) is 17.3. The Hall–Kier alpha value is -3.57.